The zero-order chi connectivity index (χ0) is 20.3. The van der Waals surface area contributed by atoms with Gasteiger partial charge in [0, 0.05) is 23.2 Å². The monoisotopic (exact) mass is 401 g/mol. The number of aromatic nitrogens is 3. The van der Waals surface area contributed by atoms with Crippen LogP contribution in [0.2, 0.25) is 0 Å². The van der Waals surface area contributed by atoms with Crippen molar-refractivity contribution in [3.05, 3.63) is 47.9 Å². The smallest absolute Gasteiger partial charge is 0.231 e. The van der Waals surface area contributed by atoms with Gasteiger partial charge in [-0.3, -0.25) is 4.98 Å². The van der Waals surface area contributed by atoms with Crippen LogP contribution in [0, 0.1) is 12.8 Å². The van der Waals surface area contributed by atoms with Crippen LogP contribution in [0.15, 0.2) is 36.4 Å². The predicted octanol–water partition coefficient (Wildman–Crippen LogP) is 5.50. The molecule has 2 aromatic heterocycles. The highest BCUT2D eigenvalue weighted by molar-refractivity contribution is 5.79. The van der Waals surface area contributed by atoms with E-state index in [1.807, 2.05) is 19.1 Å². The molecule has 0 N–H and O–H groups in total. The van der Waals surface area contributed by atoms with Gasteiger partial charge in [0.25, 0.3) is 0 Å². The summed E-state index contributed by atoms with van der Waals surface area (Å²) in [5.74, 6) is 3.71. The molecule has 0 amide bonds. The Morgan fingerprint density at radius 1 is 1.00 bits per heavy atom. The van der Waals surface area contributed by atoms with Gasteiger partial charge in [-0.2, -0.15) is 0 Å². The van der Waals surface area contributed by atoms with Crippen molar-refractivity contribution in [3.8, 4) is 34.1 Å². The van der Waals surface area contributed by atoms with Crippen molar-refractivity contribution in [3.63, 3.8) is 0 Å². The lowest BCUT2D eigenvalue weighted by molar-refractivity contribution is 0.174. The highest BCUT2D eigenvalue weighted by atomic mass is 16.7. The number of ether oxygens (including phenoxy) is 2. The summed E-state index contributed by atoms with van der Waals surface area (Å²) in [6, 6.07) is 12.4. The normalized spacial score (nSPS) is 24.4. The van der Waals surface area contributed by atoms with Crippen LogP contribution in [0.4, 0.5) is 0 Å². The fraction of sp³-hybridized carbons (Fsp3) is 0.440. The van der Waals surface area contributed by atoms with Crippen molar-refractivity contribution in [2.24, 2.45) is 5.92 Å². The van der Waals surface area contributed by atoms with Crippen LogP contribution >= 0.6 is 0 Å². The van der Waals surface area contributed by atoms with E-state index in [-0.39, 0.29) is 12.2 Å². The Kier molecular flexibility index (Phi) is 3.95. The van der Waals surface area contributed by atoms with Crippen LogP contribution in [-0.4, -0.2) is 21.3 Å². The summed E-state index contributed by atoms with van der Waals surface area (Å²) in [7, 11) is 0. The minimum atomic E-state index is 0.222. The highest BCUT2D eigenvalue weighted by Crippen LogP contribution is 2.50. The Morgan fingerprint density at radius 2 is 1.83 bits per heavy atom. The summed E-state index contributed by atoms with van der Waals surface area (Å²) in [5.41, 5.74) is 5.46. The SMILES string of the molecule is Cc1cccc(-c2nc3n(c2-c2ccc4c(c2)OCO4)CCC32CCC(C)CC2)n1. The van der Waals surface area contributed by atoms with E-state index in [0.717, 1.165) is 52.3 Å². The summed E-state index contributed by atoms with van der Waals surface area (Å²) >= 11 is 0. The summed E-state index contributed by atoms with van der Waals surface area (Å²) in [4.78, 5) is 10.1. The van der Waals surface area contributed by atoms with Gasteiger partial charge in [-0.05, 0) is 75.3 Å². The van der Waals surface area contributed by atoms with Gasteiger partial charge in [0.1, 0.15) is 11.5 Å². The summed E-state index contributed by atoms with van der Waals surface area (Å²) < 4.78 is 13.7. The maximum Gasteiger partial charge on any atom is 0.231 e. The Bertz CT molecular complexity index is 1130. The molecule has 154 valence electrons. The molecule has 0 atom stereocenters. The van der Waals surface area contributed by atoms with Gasteiger partial charge in [-0.25, -0.2) is 4.98 Å². The third kappa shape index (κ3) is 2.68. The van der Waals surface area contributed by atoms with E-state index in [1.165, 1.54) is 37.9 Å². The first-order valence-electron chi connectivity index (χ1n) is 11.1. The maximum absolute atomic E-state index is 5.68. The number of fused-ring (bicyclic) bond motifs is 3. The predicted molar refractivity (Wildman–Crippen MR) is 116 cm³/mol. The molecule has 2 aliphatic heterocycles. The average molecular weight is 402 g/mol. The van der Waals surface area contributed by atoms with Crippen molar-refractivity contribution >= 4 is 0 Å². The molecule has 0 unspecified atom stereocenters. The van der Waals surface area contributed by atoms with Gasteiger partial charge < -0.3 is 14.0 Å². The fourth-order valence-corrected chi connectivity index (χ4v) is 5.49. The molecule has 30 heavy (non-hydrogen) atoms. The molecule has 5 nitrogen and oxygen atoms in total. The van der Waals surface area contributed by atoms with E-state index in [9.17, 15) is 0 Å². The van der Waals surface area contributed by atoms with Crippen LogP contribution in [-0.2, 0) is 12.0 Å². The summed E-state index contributed by atoms with van der Waals surface area (Å²) in [6.07, 6.45) is 6.27. The second-order valence-electron chi connectivity index (χ2n) is 9.23. The van der Waals surface area contributed by atoms with Crippen LogP contribution in [0.25, 0.3) is 22.6 Å². The minimum Gasteiger partial charge on any atom is -0.454 e. The summed E-state index contributed by atoms with van der Waals surface area (Å²) in [6.45, 7) is 5.73. The van der Waals surface area contributed by atoms with Gasteiger partial charge in [0.05, 0.1) is 11.4 Å². The van der Waals surface area contributed by atoms with Gasteiger partial charge in [0.2, 0.25) is 6.79 Å². The Morgan fingerprint density at radius 3 is 2.67 bits per heavy atom. The molecule has 1 aliphatic carbocycles. The van der Waals surface area contributed by atoms with Crippen LogP contribution in [0.5, 0.6) is 11.5 Å². The standard InChI is InChI=1S/C25H27N3O2/c1-16-8-10-25(11-9-16)12-13-28-23(18-6-7-20-21(14-18)30-15-29-20)22(27-24(25)28)19-5-3-4-17(2)26-19/h3-7,14,16H,8-13,15H2,1-2H3. The molecular formula is C25H27N3O2. The van der Waals surface area contributed by atoms with Crippen LogP contribution in [0.3, 0.4) is 0 Å². The van der Waals surface area contributed by atoms with Crippen LogP contribution in [0.1, 0.15) is 50.5 Å². The number of benzene rings is 1. The molecule has 3 aromatic rings. The molecule has 0 bridgehead atoms. The molecule has 0 radical (unpaired) electrons. The number of aryl methyl sites for hydroxylation is 1. The first-order valence-corrected chi connectivity index (χ1v) is 11.1. The van der Waals surface area contributed by atoms with E-state index in [1.54, 1.807) is 0 Å². The van der Waals surface area contributed by atoms with E-state index in [2.05, 4.69) is 35.8 Å². The number of nitrogens with zero attached hydrogens (tertiary/aromatic N) is 3. The number of pyridine rings is 1. The highest BCUT2D eigenvalue weighted by Gasteiger charge is 2.45. The van der Waals surface area contributed by atoms with E-state index >= 15 is 0 Å². The molecular weight excluding hydrogens is 374 g/mol. The van der Waals surface area contributed by atoms with Crippen molar-refractivity contribution in [2.45, 2.75) is 57.9 Å². The van der Waals surface area contributed by atoms with Gasteiger partial charge in [0.15, 0.2) is 11.5 Å². The lowest BCUT2D eigenvalue weighted by Crippen LogP contribution is -2.29. The van der Waals surface area contributed by atoms with Crippen molar-refractivity contribution < 1.29 is 9.47 Å². The van der Waals surface area contributed by atoms with Gasteiger partial charge in [-0.1, -0.05) is 13.0 Å². The zero-order valence-electron chi connectivity index (χ0n) is 17.6. The van der Waals surface area contributed by atoms with Gasteiger partial charge in [-0.15, -0.1) is 0 Å². The van der Waals surface area contributed by atoms with Gasteiger partial charge >= 0.3 is 0 Å². The molecule has 1 saturated carbocycles. The number of rotatable bonds is 2. The maximum atomic E-state index is 5.68. The largest absolute Gasteiger partial charge is 0.454 e. The molecule has 5 heteroatoms. The quantitative estimate of drug-likeness (QED) is 0.569. The minimum absolute atomic E-state index is 0.222. The molecule has 3 aliphatic rings. The number of hydrogen-bond acceptors (Lipinski definition) is 4. The van der Waals surface area contributed by atoms with Crippen molar-refractivity contribution in [1.82, 2.24) is 14.5 Å². The number of hydrogen-bond donors (Lipinski definition) is 0. The first kappa shape index (κ1) is 18.0. The first-order chi connectivity index (χ1) is 14.6. The average Bonchev–Trinajstić information content (AvgIpc) is 3.45. The molecule has 4 heterocycles. The van der Waals surface area contributed by atoms with Crippen molar-refractivity contribution in [2.75, 3.05) is 6.79 Å². The topological polar surface area (TPSA) is 49.2 Å². The third-order valence-corrected chi connectivity index (χ3v) is 7.26. The second kappa shape index (κ2) is 6.59. The Labute approximate surface area is 177 Å². The molecule has 0 saturated heterocycles. The van der Waals surface area contributed by atoms with E-state index in [0.29, 0.717) is 0 Å². The molecule has 1 fully saturated rings. The van der Waals surface area contributed by atoms with Crippen molar-refractivity contribution in [1.29, 1.82) is 0 Å². The third-order valence-electron chi connectivity index (χ3n) is 7.26. The molecule has 6 rings (SSSR count). The molecule has 1 aromatic carbocycles. The summed E-state index contributed by atoms with van der Waals surface area (Å²) in [5, 5.41) is 0. The zero-order valence-corrected chi connectivity index (χ0v) is 17.6. The Hall–Kier alpha value is -2.82. The fourth-order valence-electron chi connectivity index (χ4n) is 5.49. The molecule has 1 spiro atoms. The Balaban J connectivity index is 1.54. The van der Waals surface area contributed by atoms with E-state index in [4.69, 9.17) is 19.4 Å². The lowest BCUT2D eigenvalue weighted by Gasteiger charge is -2.34. The lowest BCUT2D eigenvalue weighted by atomic mass is 9.70. The number of imidazole rings is 1. The van der Waals surface area contributed by atoms with Crippen LogP contribution < -0.4 is 9.47 Å². The van der Waals surface area contributed by atoms with E-state index < -0.39 is 0 Å². The second-order valence-corrected chi connectivity index (χ2v) is 9.23.